The number of rotatable bonds is 5. The van der Waals surface area contributed by atoms with Crippen LogP contribution in [-0.4, -0.2) is 27.1 Å². The molecule has 1 aromatic carbocycles. The van der Waals surface area contributed by atoms with Gasteiger partial charge in [-0.1, -0.05) is 29.4 Å². The van der Waals surface area contributed by atoms with Crippen LogP contribution >= 0.6 is 0 Å². The molecule has 0 aliphatic rings. The van der Waals surface area contributed by atoms with E-state index < -0.39 is 11.9 Å². The van der Waals surface area contributed by atoms with Crippen LogP contribution in [0, 0.1) is 6.92 Å². The number of aliphatic carboxylic acids is 1. The van der Waals surface area contributed by atoms with Crippen LogP contribution < -0.4 is 5.32 Å². The lowest BCUT2D eigenvalue weighted by molar-refractivity contribution is -0.136. The average molecular weight is 275 g/mol. The maximum absolute atomic E-state index is 11.8. The minimum absolute atomic E-state index is 0.0433. The number of hydrogen-bond donors (Lipinski definition) is 2. The fourth-order valence-corrected chi connectivity index (χ4v) is 1.71. The maximum Gasteiger partial charge on any atom is 0.307 e. The Kier molecular flexibility index (Phi) is 4.09. The van der Waals surface area contributed by atoms with E-state index >= 15 is 0 Å². The number of carbonyl (C=O) groups is 2. The van der Waals surface area contributed by atoms with E-state index in [4.69, 9.17) is 9.63 Å². The molecule has 0 unspecified atom stereocenters. The summed E-state index contributed by atoms with van der Waals surface area (Å²) in [6.45, 7) is 1.79. The molecule has 1 aromatic heterocycles. The molecule has 20 heavy (non-hydrogen) atoms. The third kappa shape index (κ3) is 3.41. The second kappa shape index (κ2) is 5.96. The van der Waals surface area contributed by atoms with Crippen molar-refractivity contribution in [3.63, 3.8) is 0 Å². The van der Waals surface area contributed by atoms with Gasteiger partial charge >= 0.3 is 5.97 Å². The first kappa shape index (κ1) is 13.7. The Balaban J connectivity index is 2.03. The lowest BCUT2D eigenvalue weighted by Gasteiger charge is -2.08. The number of carboxylic acid groups (broad SMARTS) is 1. The third-order valence-corrected chi connectivity index (χ3v) is 2.63. The lowest BCUT2D eigenvalue weighted by Crippen LogP contribution is -2.24. The number of carbonyl (C=O) groups excluding carboxylic acids is 1. The highest BCUT2D eigenvalue weighted by Gasteiger charge is 2.13. The molecule has 104 valence electrons. The van der Waals surface area contributed by atoms with E-state index in [0.29, 0.717) is 11.5 Å². The fourth-order valence-electron chi connectivity index (χ4n) is 1.71. The molecule has 1 heterocycles. The van der Waals surface area contributed by atoms with Crippen molar-refractivity contribution in [2.45, 2.75) is 19.9 Å². The second-order valence-corrected chi connectivity index (χ2v) is 4.16. The molecule has 2 aromatic rings. The topological polar surface area (TPSA) is 105 Å². The van der Waals surface area contributed by atoms with E-state index in [1.54, 1.807) is 31.2 Å². The van der Waals surface area contributed by atoms with Crippen molar-refractivity contribution >= 4 is 11.9 Å². The zero-order chi connectivity index (χ0) is 14.5. The minimum atomic E-state index is -0.919. The molecule has 0 spiro atoms. The van der Waals surface area contributed by atoms with Crippen molar-refractivity contribution in [3.8, 4) is 0 Å². The standard InChI is InChI=1S/C13H13N3O4/c1-8-15-12(16-20-8)13(19)14-7-10-5-3-2-4-9(10)6-11(17)18/h2-5H,6-7H2,1H3,(H,14,19)(H,17,18). The molecule has 0 saturated carbocycles. The van der Waals surface area contributed by atoms with Crippen LogP contribution in [0.5, 0.6) is 0 Å². The van der Waals surface area contributed by atoms with Crippen LogP contribution in [0.15, 0.2) is 28.8 Å². The smallest absolute Gasteiger partial charge is 0.307 e. The Morgan fingerprint density at radius 1 is 1.30 bits per heavy atom. The van der Waals surface area contributed by atoms with Crippen LogP contribution in [0.4, 0.5) is 0 Å². The van der Waals surface area contributed by atoms with Gasteiger partial charge < -0.3 is 14.9 Å². The molecule has 7 nitrogen and oxygen atoms in total. The Morgan fingerprint density at radius 3 is 2.60 bits per heavy atom. The van der Waals surface area contributed by atoms with Crippen molar-refractivity contribution < 1.29 is 19.2 Å². The Bertz CT molecular complexity index is 636. The summed E-state index contributed by atoms with van der Waals surface area (Å²) in [6.07, 6.45) is -0.0899. The summed E-state index contributed by atoms with van der Waals surface area (Å²) in [4.78, 5) is 26.3. The highest BCUT2D eigenvalue weighted by Crippen LogP contribution is 2.09. The van der Waals surface area contributed by atoms with Gasteiger partial charge in [0.05, 0.1) is 6.42 Å². The van der Waals surface area contributed by atoms with Gasteiger partial charge in [-0.15, -0.1) is 0 Å². The van der Waals surface area contributed by atoms with Gasteiger partial charge in [0.15, 0.2) is 0 Å². The van der Waals surface area contributed by atoms with E-state index in [1.807, 2.05) is 0 Å². The maximum atomic E-state index is 11.8. The summed E-state index contributed by atoms with van der Waals surface area (Å²) in [7, 11) is 0. The van der Waals surface area contributed by atoms with Crippen LogP contribution in [-0.2, 0) is 17.8 Å². The van der Waals surface area contributed by atoms with Crippen LogP contribution in [0.1, 0.15) is 27.6 Å². The monoisotopic (exact) mass is 275 g/mol. The molecule has 2 N–H and O–H groups in total. The first-order valence-corrected chi connectivity index (χ1v) is 5.93. The van der Waals surface area contributed by atoms with E-state index in [9.17, 15) is 9.59 Å². The Hall–Kier alpha value is -2.70. The van der Waals surface area contributed by atoms with Gasteiger partial charge in [-0.2, -0.15) is 4.98 Å². The largest absolute Gasteiger partial charge is 0.481 e. The highest BCUT2D eigenvalue weighted by atomic mass is 16.5. The summed E-state index contributed by atoms with van der Waals surface area (Å²) >= 11 is 0. The number of hydrogen-bond acceptors (Lipinski definition) is 5. The summed E-state index contributed by atoms with van der Waals surface area (Å²) in [5, 5.41) is 15.0. The van der Waals surface area contributed by atoms with Gasteiger partial charge in [0.2, 0.25) is 5.89 Å². The number of aromatic nitrogens is 2. The summed E-state index contributed by atoms with van der Waals surface area (Å²) in [5.41, 5.74) is 1.40. The molecule has 7 heteroatoms. The fraction of sp³-hybridized carbons (Fsp3) is 0.231. The van der Waals surface area contributed by atoms with Gasteiger partial charge in [-0.25, -0.2) is 0 Å². The highest BCUT2D eigenvalue weighted by molar-refractivity contribution is 5.90. The normalized spacial score (nSPS) is 10.2. The number of nitrogens with one attached hydrogen (secondary N) is 1. The first-order valence-electron chi connectivity index (χ1n) is 5.93. The summed E-state index contributed by atoms with van der Waals surface area (Å²) in [6, 6.07) is 7.02. The number of nitrogens with zero attached hydrogens (tertiary/aromatic N) is 2. The van der Waals surface area contributed by atoms with Gasteiger partial charge in [0, 0.05) is 13.5 Å². The average Bonchev–Trinajstić information content (AvgIpc) is 2.83. The molecule has 0 bridgehead atoms. The number of aryl methyl sites for hydroxylation is 1. The van der Waals surface area contributed by atoms with Crippen LogP contribution in [0.3, 0.4) is 0 Å². The van der Waals surface area contributed by atoms with Crippen molar-refractivity contribution in [1.82, 2.24) is 15.5 Å². The van der Waals surface area contributed by atoms with Crippen molar-refractivity contribution in [2.24, 2.45) is 0 Å². The quantitative estimate of drug-likeness (QED) is 0.841. The minimum Gasteiger partial charge on any atom is -0.481 e. The molecule has 0 fully saturated rings. The molecule has 0 saturated heterocycles. The number of carboxylic acids is 1. The van der Waals surface area contributed by atoms with E-state index in [2.05, 4.69) is 15.5 Å². The molecule has 1 amide bonds. The van der Waals surface area contributed by atoms with Crippen molar-refractivity contribution in [2.75, 3.05) is 0 Å². The molecular formula is C13H13N3O4. The van der Waals surface area contributed by atoms with Crippen molar-refractivity contribution in [3.05, 3.63) is 47.1 Å². The zero-order valence-corrected chi connectivity index (χ0v) is 10.8. The molecule has 0 atom stereocenters. The molecule has 0 radical (unpaired) electrons. The SMILES string of the molecule is Cc1nc(C(=O)NCc2ccccc2CC(=O)O)no1. The third-order valence-electron chi connectivity index (χ3n) is 2.63. The molecular weight excluding hydrogens is 262 g/mol. The van der Waals surface area contributed by atoms with Crippen LogP contribution in [0.2, 0.25) is 0 Å². The van der Waals surface area contributed by atoms with Gasteiger partial charge in [-0.3, -0.25) is 9.59 Å². The Labute approximate surface area is 114 Å². The molecule has 0 aliphatic heterocycles. The number of amides is 1. The number of benzene rings is 1. The van der Waals surface area contributed by atoms with Crippen molar-refractivity contribution in [1.29, 1.82) is 0 Å². The summed E-state index contributed by atoms with van der Waals surface area (Å²) in [5.74, 6) is -1.12. The van der Waals surface area contributed by atoms with Gasteiger partial charge in [0.25, 0.3) is 11.7 Å². The van der Waals surface area contributed by atoms with E-state index in [0.717, 1.165) is 5.56 Å². The van der Waals surface area contributed by atoms with Crippen LogP contribution in [0.25, 0.3) is 0 Å². The summed E-state index contributed by atoms with van der Waals surface area (Å²) < 4.78 is 4.71. The van der Waals surface area contributed by atoms with E-state index in [-0.39, 0.29) is 18.8 Å². The Morgan fingerprint density at radius 2 is 2.00 bits per heavy atom. The zero-order valence-electron chi connectivity index (χ0n) is 10.8. The van der Waals surface area contributed by atoms with Gasteiger partial charge in [-0.05, 0) is 11.1 Å². The first-order chi connectivity index (χ1) is 9.56. The predicted octanol–water partition coefficient (Wildman–Crippen LogP) is 0.935. The van der Waals surface area contributed by atoms with E-state index in [1.165, 1.54) is 0 Å². The van der Waals surface area contributed by atoms with Gasteiger partial charge in [0.1, 0.15) is 0 Å². The molecule has 2 rings (SSSR count). The second-order valence-electron chi connectivity index (χ2n) is 4.16. The molecule has 0 aliphatic carbocycles. The predicted molar refractivity (Wildman–Crippen MR) is 68.0 cm³/mol. The lowest BCUT2D eigenvalue weighted by atomic mass is 10.0.